The van der Waals surface area contributed by atoms with Crippen LogP contribution in [-0.4, -0.2) is 19.9 Å². The van der Waals surface area contributed by atoms with Crippen molar-refractivity contribution in [3.63, 3.8) is 0 Å². The summed E-state index contributed by atoms with van der Waals surface area (Å²) in [5.41, 5.74) is 1.45. The molecule has 6 heteroatoms. The number of pyridine rings is 1. The van der Waals surface area contributed by atoms with Crippen LogP contribution in [0.25, 0.3) is 11.2 Å². The van der Waals surface area contributed by atoms with Crippen LogP contribution in [0.3, 0.4) is 0 Å². The van der Waals surface area contributed by atoms with Gasteiger partial charge in [-0.1, -0.05) is 6.92 Å². The third-order valence-electron chi connectivity index (χ3n) is 2.99. The van der Waals surface area contributed by atoms with Gasteiger partial charge in [-0.15, -0.1) is 11.3 Å². The zero-order valence-corrected chi connectivity index (χ0v) is 12.2. The Morgan fingerprint density at radius 2 is 2.05 bits per heavy atom. The number of hydrogen-bond donors (Lipinski definition) is 1. The lowest BCUT2D eigenvalue weighted by Gasteiger charge is -2.11. The lowest BCUT2D eigenvalue weighted by Crippen LogP contribution is -2.07. The number of aryl methyl sites for hydroxylation is 1. The van der Waals surface area contributed by atoms with Gasteiger partial charge in [-0.05, 0) is 25.5 Å². The van der Waals surface area contributed by atoms with E-state index in [9.17, 15) is 0 Å². The molecule has 0 aliphatic rings. The van der Waals surface area contributed by atoms with Crippen molar-refractivity contribution in [3.8, 4) is 0 Å². The summed E-state index contributed by atoms with van der Waals surface area (Å²) in [4.78, 5) is 18.6. The molecule has 0 fully saturated rings. The van der Waals surface area contributed by atoms with Crippen molar-refractivity contribution < 1.29 is 0 Å². The van der Waals surface area contributed by atoms with Gasteiger partial charge in [0.05, 0.1) is 6.04 Å². The SMILES string of the molecule is CCc1cnc(C(C)Nc2ccc3nccnc3n2)s1. The highest BCUT2D eigenvalue weighted by Crippen LogP contribution is 2.23. The Balaban J connectivity index is 1.81. The molecule has 0 aromatic carbocycles. The van der Waals surface area contributed by atoms with Gasteiger partial charge < -0.3 is 5.32 Å². The number of nitrogens with zero attached hydrogens (tertiary/aromatic N) is 4. The molecule has 0 aliphatic heterocycles. The average molecular weight is 285 g/mol. The van der Waals surface area contributed by atoms with Gasteiger partial charge in [0.25, 0.3) is 0 Å². The molecule has 0 saturated carbocycles. The second-order valence-corrected chi connectivity index (χ2v) is 5.63. The van der Waals surface area contributed by atoms with Gasteiger partial charge in [0.15, 0.2) is 5.65 Å². The van der Waals surface area contributed by atoms with Crippen LogP contribution in [0.1, 0.15) is 29.8 Å². The summed E-state index contributed by atoms with van der Waals surface area (Å²) >= 11 is 1.73. The molecule has 0 spiro atoms. The molecule has 0 saturated heterocycles. The van der Waals surface area contributed by atoms with Crippen molar-refractivity contribution in [2.45, 2.75) is 26.3 Å². The van der Waals surface area contributed by atoms with Gasteiger partial charge in [-0.3, -0.25) is 4.98 Å². The van der Waals surface area contributed by atoms with Gasteiger partial charge >= 0.3 is 0 Å². The summed E-state index contributed by atoms with van der Waals surface area (Å²) < 4.78 is 0. The fourth-order valence-corrected chi connectivity index (χ4v) is 2.76. The number of rotatable bonds is 4. The Morgan fingerprint density at radius 1 is 1.20 bits per heavy atom. The van der Waals surface area contributed by atoms with Crippen LogP contribution in [0.15, 0.2) is 30.7 Å². The van der Waals surface area contributed by atoms with Gasteiger partial charge in [-0.25, -0.2) is 15.0 Å². The van der Waals surface area contributed by atoms with Crippen LogP contribution in [0.2, 0.25) is 0 Å². The first-order valence-corrected chi connectivity index (χ1v) is 7.37. The number of fused-ring (bicyclic) bond motifs is 1. The van der Waals surface area contributed by atoms with E-state index in [-0.39, 0.29) is 6.04 Å². The zero-order chi connectivity index (χ0) is 13.9. The van der Waals surface area contributed by atoms with E-state index in [1.54, 1.807) is 23.7 Å². The van der Waals surface area contributed by atoms with E-state index in [0.717, 1.165) is 22.8 Å². The number of aromatic nitrogens is 4. The minimum atomic E-state index is 0.127. The van der Waals surface area contributed by atoms with E-state index < -0.39 is 0 Å². The minimum absolute atomic E-state index is 0.127. The first-order chi connectivity index (χ1) is 9.76. The van der Waals surface area contributed by atoms with Crippen molar-refractivity contribution in [1.29, 1.82) is 0 Å². The molecule has 5 nitrogen and oxygen atoms in total. The van der Waals surface area contributed by atoms with Gasteiger partial charge in [0.2, 0.25) is 0 Å². The van der Waals surface area contributed by atoms with E-state index in [4.69, 9.17) is 0 Å². The minimum Gasteiger partial charge on any atom is -0.361 e. The normalized spacial score (nSPS) is 12.5. The van der Waals surface area contributed by atoms with Crippen molar-refractivity contribution in [3.05, 3.63) is 40.6 Å². The molecule has 102 valence electrons. The summed E-state index contributed by atoms with van der Waals surface area (Å²) in [6, 6.07) is 3.97. The third kappa shape index (κ3) is 2.60. The van der Waals surface area contributed by atoms with Crippen molar-refractivity contribution >= 4 is 28.3 Å². The van der Waals surface area contributed by atoms with Crippen LogP contribution >= 0.6 is 11.3 Å². The summed E-state index contributed by atoms with van der Waals surface area (Å²) in [5, 5.41) is 4.43. The molecule has 0 bridgehead atoms. The van der Waals surface area contributed by atoms with E-state index >= 15 is 0 Å². The van der Waals surface area contributed by atoms with Gasteiger partial charge in [-0.2, -0.15) is 0 Å². The van der Waals surface area contributed by atoms with E-state index in [1.165, 1.54) is 4.88 Å². The molecule has 1 N–H and O–H groups in total. The van der Waals surface area contributed by atoms with Crippen LogP contribution in [0.5, 0.6) is 0 Å². The Labute approximate surface area is 121 Å². The highest BCUT2D eigenvalue weighted by Gasteiger charge is 2.11. The summed E-state index contributed by atoms with van der Waals surface area (Å²) in [7, 11) is 0. The number of anilines is 1. The molecule has 1 unspecified atom stereocenters. The van der Waals surface area contributed by atoms with E-state index in [0.29, 0.717) is 5.65 Å². The molecule has 1 atom stereocenters. The summed E-state index contributed by atoms with van der Waals surface area (Å²) in [5.74, 6) is 0.791. The average Bonchev–Trinajstić information content (AvgIpc) is 2.96. The number of nitrogens with one attached hydrogen (secondary N) is 1. The second kappa shape index (κ2) is 5.50. The lowest BCUT2D eigenvalue weighted by atomic mass is 10.3. The van der Waals surface area contributed by atoms with Crippen molar-refractivity contribution in [2.24, 2.45) is 0 Å². The molecular weight excluding hydrogens is 270 g/mol. The third-order valence-corrected chi connectivity index (χ3v) is 4.31. The molecule has 3 aromatic rings. The second-order valence-electron chi connectivity index (χ2n) is 4.48. The number of hydrogen-bond acceptors (Lipinski definition) is 6. The summed E-state index contributed by atoms with van der Waals surface area (Å²) in [6.45, 7) is 4.22. The topological polar surface area (TPSA) is 63.6 Å². The molecule has 3 rings (SSSR count). The van der Waals surface area contributed by atoms with Crippen LogP contribution in [0.4, 0.5) is 5.82 Å². The first-order valence-electron chi connectivity index (χ1n) is 6.55. The maximum absolute atomic E-state index is 4.46. The highest BCUT2D eigenvalue weighted by atomic mass is 32.1. The molecule has 3 aromatic heterocycles. The van der Waals surface area contributed by atoms with Crippen LogP contribution in [-0.2, 0) is 6.42 Å². The molecular formula is C14H15N5S. The van der Waals surface area contributed by atoms with Crippen LogP contribution < -0.4 is 5.32 Å². The zero-order valence-electron chi connectivity index (χ0n) is 11.4. The smallest absolute Gasteiger partial charge is 0.180 e. The maximum atomic E-state index is 4.46. The van der Waals surface area contributed by atoms with Crippen molar-refractivity contribution in [2.75, 3.05) is 5.32 Å². The Hall–Kier alpha value is -2.08. The Morgan fingerprint density at radius 3 is 2.85 bits per heavy atom. The fraction of sp³-hybridized carbons (Fsp3) is 0.286. The summed E-state index contributed by atoms with van der Waals surface area (Å²) in [6.07, 6.45) is 6.28. The molecule has 0 radical (unpaired) electrons. The van der Waals surface area contributed by atoms with Crippen molar-refractivity contribution in [1.82, 2.24) is 19.9 Å². The molecule has 20 heavy (non-hydrogen) atoms. The van der Waals surface area contributed by atoms with Gasteiger partial charge in [0.1, 0.15) is 16.3 Å². The maximum Gasteiger partial charge on any atom is 0.180 e. The standard InChI is InChI=1S/C14H15N5S/c1-3-10-8-17-14(20-10)9(2)18-12-5-4-11-13(19-12)16-7-6-15-11/h4-9H,3H2,1-2H3,(H,16,18,19). The van der Waals surface area contributed by atoms with E-state index in [1.807, 2.05) is 18.3 Å². The quantitative estimate of drug-likeness (QED) is 0.797. The lowest BCUT2D eigenvalue weighted by molar-refractivity contribution is 0.861. The Bertz CT molecular complexity index is 724. The molecule has 0 amide bonds. The van der Waals surface area contributed by atoms with E-state index in [2.05, 4.69) is 39.1 Å². The number of thiazole rings is 1. The predicted molar refractivity (Wildman–Crippen MR) is 80.9 cm³/mol. The molecule has 0 aliphatic carbocycles. The monoisotopic (exact) mass is 285 g/mol. The van der Waals surface area contributed by atoms with Crippen LogP contribution in [0, 0.1) is 0 Å². The Kier molecular flexibility index (Phi) is 3.56. The largest absolute Gasteiger partial charge is 0.361 e. The fourth-order valence-electron chi connectivity index (χ4n) is 1.90. The predicted octanol–water partition coefficient (Wildman–Crippen LogP) is 3.22. The highest BCUT2D eigenvalue weighted by molar-refractivity contribution is 7.11. The molecule has 3 heterocycles. The van der Waals surface area contributed by atoms with Gasteiger partial charge in [0, 0.05) is 23.5 Å². The first kappa shape index (κ1) is 12.9.